The first kappa shape index (κ1) is 16.9. The molecule has 13 heavy (non-hydrogen) atoms. The zero-order valence-electron chi connectivity index (χ0n) is 8.56. The van der Waals surface area contributed by atoms with Gasteiger partial charge in [-0.3, -0.25) is 4.79 Å². The second-order valence-electron chi connectivity index (χ2n) is 2.61. The molecule has 1 unspecified atom stereocenters. The van der Waals surface area contributed by atoms with Crippen LogP contribution in [0.4, 0.5) is 0 Å². The summed E-state index contributed by atoms with van der Waals surface area (Å²) in [5.74, 6) is 0.0849. The van der Waals surface area contributed by atoms with E-state index in [1.54, 1.807) is 0 Å². The first-order valence-corrected chi connectivity index (χ1v) is 6.01. The van der Waals surface area contributed by atoms with Gasteiger partial charge in [-0.1, -0.05) is 6.42 Å². The van der Waals surface area contributed by atoms with Gasteiger partial charge in [-0.05, 0) is 19.2 Å². The van der Waals surface area contributed by atoms with Crippen molar-refractivity contribution in [1.82, 2.24) is 5.32 Å². The summed E-state index contributed by atoms with van der Waals surface area (Å²) in [6.07, 6.45) is 3.26. The van der Waals surface area contributed by atoms with Gasteiger partial charge < -0.3 is 10.4 Å². The molecule has 0 rings (SSSR count). The van der Waals surface area contributed by atoms with Gasteiger partial charge >= 0.3 is 51.4 Å². The number of hydrogen-bond donors (Lipinski definition) is 1. The number of nitrogens with one attached hydrogen (secondary N) is 1. The van der Waals surface area contributed by atoms with Crippen LogP contribution in [0, 0.1) is 0 Å². The van der Waals surface area contributed by atoms with Crippen LogP contribution in [0.25, 0.3) is 0 Å². The summed E-state index contributed by atoms with van der Waals surface area (Å²) in [5.41, 5.74) is 0. The quantitative estimate of drug-likeness (QED) is 0.286. The predicted molar refractivity (Wildman–Crippen MR) is 50.8 cm³/mol. The monoisotopic (exact) mass is 229 g/mol. The Kier molecular flexibility index (Phi) is 17.6. The summed E-state index contributed by atoms with van der Waals surface area (Å²) < 4.78 is 0. The number of carbonyl (C=O) groups is 1. The topological polar surface area (TPSA) is 52.2 Å². The molecule has 72 valence electrons. The normalized spacial score (nSPS) is 10.0. The molecule has 1 N–H and O–H groups in total. The van der Waals surface area contributed by atoms with Gasteiger partial charge in [0, 0.05) is 13.0 Å². The zero-order valence-corrected chi connectivity index (χ0v) is 12.7. The molecule has 1 amide bonds. The van der Waals surface area contributed by atoms with E-state index in [9.17, 15) is 9.90 Å². The van der Waals surface area contributed by atoms with Crippen molar-refractivity contribution in [2.75, 3.05) is 26.0 Å². The van der Waals surface area contributed by atoms with Gasteiger partial charge in [0.25, 0.3) is 0 Å². The van der Waals surface area contributed by atoms with Gasteiger partial charge in [-0.25, -0.2) is 0 Å². The summed E-state index contributed by atoms with van der Waals surface area (Å²) in [5, 5.41) is 12.7. The average Bonchev–Trinajstić information content (AvgIpc) is 2.06. The third kappa shape index (κ3) is 13.5. The summed E-state index contributed by atoms with van der Waals surface area (Å²) in [4.78, 5) is 11.0. The van der Waals surface area contributed by atoms with Crippen LogP contribution in [0.2, 0.25) is 0 Å². The van der Waals surface area contributed by atoms with E-state index in [1.807, 2.05) is 0 Å². The predicted octanol–water partition coefficient (Wildman–Crippen LogP) is -3.05. The second kappa shape index (κ2) is 13.5. The first-order chi connectivity index (χ1) is 5.81. The summed E-state index contributed by atoms with van der Waals surface area (Å²) >= 11 is 0. The van der Waals surface area contributed by atoms with E-state index in [0.29, 0.717) is 19.4 Å². The van der Waals surface area contributed by atoms with Gasteiger partial charge in [0.15, 0.2) is 0 Å². The molecule has 5 heteroatoms. The third-order valence-corrected chi connectivity index (χ3v) is 2.33. The van der Waals surface area contributed by atoms with Crippen molar-refractivity contribution in [3.8, 4) is 0 Å². The van der Waals surface area contributed by atoms with E-state index in [2.05, 4.69) is 12.0 Å². The van der Waals surface area contributed by atoms with Crippen molar-refractivity contribution >= 4 is 14.5 Å². The van der Waals surface area contributed by atoms with Crippen LogP contribution in [-0.2, 0) is 4.79 Å². The summed E-state index contributed by atoms with van der Waals surface area (Å²) in [6.45, 7) is 2.57. The Morgan fingerprint density at radius 1 is 1.46 bits per heavy atom. The molecular formula is C8H17KNO2P. The molecule has 0 aliphatic heterocycles. The van der Waals surface area contributed by atoms with Crippen LogP contribution in [0.3, 0.4) is 0 Å². The Hall–Kier alpha value is 1.50. The molecule has 0 aliphatic carbocycles. The fourth-order valence-corrected chi connectivity index (χ4v) is 1.34. The van der Waals surface area contributed by atoms with Gasteiger partial charge in [0.1, 0.15) is 0 Å². The van der Waals surface area contributed by atoms with Crippen LogP contribution >= 0.6 is 8.58 Å². The number of hydrogen-bond acceptors (Lipinski definition) is 2. The Bertz CT molecular complexity index is 113. The molecule has 0 spiro atoms. The first-order valence-electron chi connectivity index (χ1n) is 4.30. The molecule has 0 bridgehead atoms. The minimum atomic E-state index is -0.101. The SMILES string of the molecule is CPCCCC(=O)NCCC[O-].[K+]. The third-order valence-electron chi connectivity index (χ3n) is 1.47. The Balaban J connectivity index is 0. The maximum atomic E-state index is 11.0. The second-order valence-corrected chi connectivity index (χ2v) is 3.82. The maximum absolute atomic E-state index is 11.0. The largest absolute Gasteiger partial charge is 1.00 e. The molecule has 0 saturated heterocycles. The van der Waals surface area contributed by atoms with Crippen molar-refractivity contribution in [3.05, 3.63) is 0 Å². The standard InChI is InChI=1S/C8H17NO2P.K/c1-12-7-2-4-8(11)9-5-3-6-10;/h12H,2-7H2,1H3,(H,9,11);/q-1;+1. The Morgan fingerprint density at radius 3 is 2.69 bits per heavy atom. The van der Waals surface area contributed by atoms with E-state index in [-0.39, 0.29) is 63.9 Å². The Labute approximate surface area is 125 Å². The molecule has 0 radical (unpaired) electrons. The molecule has 3 nitrogen and oxygen atoms in total. The van der Waals surface area contributed by atoms with E-state index >= 15 is 0 Å². The molecule has 0 saturated carbocycles. The van der Waals surface area contributed by atoms with E-state index in [4.69, 9.17) is 0 Å². The van der Waals surface area contributed by atoms with Gasteiger partial charge in [0.05, 0.1) is 0 Å². The van der Waals surface area contributed by atoms with Crippen molar-refractivity contribution in [2.24, 2.45) is 0 Å². The minimum Gasteiger partial charge on any atom is -0.854 e. The molecule has 0 aromatic rings. The number of rotatable bonds is 7. The van der Waals surface area contributed by atoms with Crippen molar-refractivity contribution in [1.29, 1.82) is 0 Å². The molecule has 0 aliphatic rings. The smallest absolute Gasteiger partial charge is 0.854 e. The van der Waals surface area contributed by atoms with Crippen LogP contribution in [0.5, 0.6) is 0 Å². The maximum Gasteiger partial charge on any atom is 1.00 e. The molecule has 0 fully saturated rings. The molecular weight excluding hydrogens is 212 g/mol. The van der Waals surface area contributed by atoms with Crippen molar-refractivity contribution in [2.45, 2.75) is 19.3 Å². The van der Waals surface area contributed by atoms with Crippen LogP contribution in [-0.4, -0.2) is 31.9 Å². The zero-order chi connectivity index (χ0) is 9.23. The number of amides is 1. The van der Waals surface area contributed by atoms with E-state index in [0.717, 1.165) is 21.2 Å². The Morgan fingerprint density at radius 2 is 2.15 bits per heavy atom. The van der Waals surface area contributed by atoms with Gasteiger partial charge in [-0.2, -0.15) is 0 Å². The average molecular weight is 229 g/mol. The van der Waals surface area contributed by atoms with Crippen LogP contribution in [0.15, 0.2) is 0 Å². The minimum absolute atomic E-state index is 0. The molecule has 0 heterocycles. The van der Waals surface area contributed by atoms with Crippen molar-refractivity contribution in [3.63, 3.8) is 0 Å². The molecule has 0 aromatic carbocycles. The summed E-state index contributed by atoms with van der Waals surface area (Å²) in [7, 11) is 0.930. The summed E-state index contributed by atoms with van der Waals surface area (Å²) in [6, 6.07) is 0. The van der Waals surface area contributed by atoms with E-state index in [1.165, 1.54) is 0 Å². The molecule has 1 atom stereocenters. The fourth-order valence-electron chi connectivity index (χ4n) is 0.814. The number of carbonyl (C=O) groups excluding carboxylic acids is 1. The molecule has 0 aromatic heterocycles. The van der Waals surface area contributed by atoms with E-state index < -0.39 is 0 Å². The van der Waals surface area contributed by atoms with Crippen molar-refractivity contribution < 1.29 is 61.3 Å². The van der Waals surface area contributed by atoms with Gasteiger partial charge in [-0.15, -0.1) is 15.2 Å². The van der Waals surface area contributed by atoms with Crippen LogP contribution < -0.4 is 61.8 Å². The van der Waals surface area contributed by atoms with Gasteiger partial charge in [0.2, 0.25) is 5.91 Å². The fraction of sp³-hybridized carbons (Fsp3) is 0.875. The van der Waals surface area contributed by atoms with Crippen LogP contribution in [0.1, 0.15) is 19.3 Å².